The lowest BCUT2D eigenvalue weighted by atomic mass is 10.1. The van der Waals surface area contributed by atoms with Crippen LogP contribution in [0.4, 0.5) is 4.79 Å². The van der Waals surface area contributed by atoms with Crippen LogP contribution in [0.15, 0.2) is 24.3 Å². The molecule has 0 aliphatic heterocycles. The third-order valence-electron chi connectivity index (χ3n) is 2.09. The first-order valence-electron chi connectivity index (χ1n) is 4.82. The fourth-order valence-corrected chi connectivity index (χ4v) is 1.97. The van der Waals surface area contributed by atoms with Crippen molar-refractivity contribution in [2.75, 3.05) is 0 Å². The Kier molecular flexibility index (Phi) is 4.87. The van der Waals surface area contributed by atoms with Gasteiger partial charge in [-0.05, 0) is 46.7 Å². The number of carbonyl (C=O) groups is 1. The summed E-state index contributed by atoms with van der Waals surface area (Å²) in [5.41, 5.74) is 6.15. The molecule has 1 amide bonds. The molecule has 1 rings (SSSR count). The summed E-state index contributed by atoms with van der Waals surface area (Å²) >= 11 is 2.26. The molecule has 0 aliphatic carbocycles. The minimum Gasteiger partial charge on any atom is -0.446 e. The van der Waals surface area contributed by atoms with Gasteiger partial charge in [0, 0.05) is 9.99 Å². The summed E-state index contributed by atoms with van der Waals surface area (Å²) in [6.07, 6.45) is 0.665. The Morgan fingerprint density at radius 2 is 2.33 bits per heavy atom. The van der Waals surface area contributed by atoms with Crippen LogP contribution in [0.5, 0.6) is 0 Å². The molecule has 82 valence electrons. The van der Waals surface area contributed by atoms with E-state index in [1.165, 1.54) is 3.57 Å². The standard InChI is InChI=1S/C11H14INO2/c1-2-10(15-11(13)14)7-8-4-3-5-9(12)6-8/h3-6,10H,2,7H2,1H3,(H2,13,14)/t10-/m0/s1. The highest BCUT2D eigenvalue weighted by Crippen LogP contribution is 2.12. The van der Waals surface area contributed by atoms with Gasteiger partial charge in [-0.2, -0.15) is 0 Å². The van der Waals surface area contributed by atoms with Gasteiger partial charge in [0.2, 0.25) is 0 Å². The molecule has 2 N–H and O–H groups in total. The van der Waals surface area contributed by atoms with Crippen molar-refractivity contribution >= 4 is 28.7 Å². The summed E-state index contributed by atoms with van der Waals surface area (Å²) in [6.45, 7) is 1.97. The van der Waals surface area contributed by atoms with Crippen molar-refractivity contribution < 1.29 is 9.53 Å². The number of ether oxygens (including phenoxy) is 1. The second-order valence-electron chi connectivity index (χ2n) is 3.30. The fraction of sp³-hybridized carbons (Fsp3) is 0.364. The van der Waals surface area contributed by atoms with Gasteiger partial charge in [-0.1, -0.05) is 19.1 Å². The molecule has 1 atom stereocenters. The second-order valence-corrected chi connectivity index (χ2v) is 4.55. The van der Waals surface area contributed by atoms with Crippen molar-refractivity contribution in [3.05, 3.63) is 33.4 Å². The molecule has 1 aromatic carbocycles. The zero-order chi connectivity index (χ0) is 11.3. The van der Waals surface area contributed by atoms with Gasteiger partial charge in [0.15, 0.2) is 0 Å². The lowest BCUT2D eigenvalue weighted by Gasteiger charge is -2.14. The van der Waals surface area contributed by atoms with Crippen LogP contribution in [0.1, 0.15) is 18.9 Å². The molecule has 0 saturated carbocycles. The highest BCUT2D eigenvalue weighted by molar-refractivity contribution is 14.1. The molecule has 0 bridgehead atoms. The Labute approximate surface area is 103 Å². The molecule has 0 heterocycles. The molecule has 3 nitrogen and oxygen atoms in total. The number of primary amides is 1. The van der Waals surface area contributed by atoms with Crippen LogP contribution in [-0.4, -0.2) is 12.2 Å². The molecule has 15 heavy (non-hydrogen) atoms. The van der Waals surface area contributed by atoms with E-state index in [1.807, 2.05) is 25.1 Å². The summed E-state index contributed by atoms with van der Waals surface area (Å²) in [6, 6.07) is 8.12. The third-order valence-corrected chi connectivity index (χ3v) is 2.76. The molecule has 0 saturated heterocycles. The summed E-state index contributed by atoms with van der Waals surface area (Å²) in [4.78, 5) is 10.6. The molecule has 0 fully saturated rings. The van der Waals surface area contributed by atoms with Crippen LogP contribution in [0.2, 0.25) is 0 Å². The van der Waals surface area contributed by atoms with Crippen molar-refractivity contribution in [2.24, 2.45) is 5.73 Å². The summed E-state index contributed by atoms with van der Waals surface area (Å²) < 4.78 is 6.16. The quantitative estimate of drug-likeness (QED) is 0.868. The van der Waals surface area contributed by atoms with Crippen LogP contribution in [-0.2, 0) is 11.2 Å². The summed E-state index contributed by atoms with van der Waals surface area (Å²) in [7, 11) is 0. The molecule has 0 spiro atoms. The van der Waals surface area contributed by atoms with E-state index in [4.69, 9.17) is 10.5 Å². The first-order chi connectivity index (χ1) is 7.11. The van der Waals surface area contributed by atoms with Gasteiger partial charge in [0.1, 0.15) is 6.10 Å². The zero-order valence-electron chi connectivity index (χ0n) is 8.57. The average molecular weight is 319 g/mol. The minimum absolute atomic E-state index is 0.124. The van der Waals surface area contributed by atoms with Gasteiger partial charge >= 0.3 is 6.09 Å². The van der Waals surface area contributed by atoms with E-state index in [0.717, 1.165) is 18.4 Å². The van der Waals surface area contributed by atoms with Gasteiger partial charge in [0.25, 0.3) is 0 Å². The predicted octanol–water partition coefficient (Wildman–Crippen LogP) is 2.71. The van der Waals surface area contributed by atoms with Crippen molar-refractivity contribution in [3.63, 3.8) is 0 Å². The van der Waals surface area contributed by atoms with Crippen LogP contribution < -0.4 is 5.73 Å². The Hall–Kier alpha value is -0.780. The van der Waals surface area contributed by atoms with E-state index >= 15 is 0 Å². The normalized spacial score (nSPS) is 12.1. The Bertz CT molecular complexity index is 341. The smallest absolute Gasteiger partial charge is 0.404 e. The SMILES string of the molecule is CC[C@@H](Cc1cccc(I)c1)OC(N)=O. The van der Waals surface area contributed by atoms with Gasteiger partial charge in [-0.3, -0.25) is 0 Å². The third kappa shape index (κ3) is 4.51. The van der Waals surface area contributed by atoms with E-state index in [1.54, 1.807) is 0 Å². The lowest BCUT2D eigenvalue weighted by molar-refractivity contribution is 0.104. The first kappa shape index (κ1) is 12.3. The molecule has 4 heteroatoms. The largest absolute Gasteiger partial charge is 0.446 e. The number of amides is 1. The van der Waals surface area contributed by atoms with Crippen LogP contribution in [0, 0.1) is 3.57 Å². The minimum atomic E-state index is -0.701. The number of nitrogens with two attached hydrogens (primary N) is 1. The van der Waals surface area contributed by atoms with E-state index < -0.39 is 6.09 Å². The van der Waals surface area contributed by atoms with Crippen LogP contribution >= 0.6 is 22.6 Å². The van der Waals surface area contributed by atoms with Gasteiger partial charge in [-0.25, -0.2) is 4.79 Å². The first-order valence-corrected chi connectivity index (χ1v) is 5.90. The van der Waals surface area contributed by atoms with Crippen molar-refractivity contribution in [2.45, 2.75) is 25.9 Å². The monoisotopic (exact) mass is 319 g/mol. The Morgan fingerprint density at radius 3 is 2.87 bits per heavy atom. The highest BCUT2D eigenvalue weighted by atomic mass is 127. The number of hydrogen-bond acceptors (Lipinski definition) is 2. The zero-order valence-corrected chi connectivity index (χ0v) is 10.7. The average Bonchev–Trinajstić information content (AvgIpc) is 2.16. The van der Waals surface area contributed by atoms with E-state index in [9.17, 15) is 4.79 Å². The van der Waals surface area contributed by atoms with Gasteiger partial charge in [0.05, 0.1) is 0 Å². The topological polar surface area (TPSA) is 52.3 Å². The van der Waals surface area contributed by atoms with Crippen LogP contribution in [0.25, 0.3) is 0 Å². The van der Waals surface area contributed by atoms with E-state index in [2.05, 4.69) is 28.7 Å². The molecule has 0 unspecified atom stereocenters. The summed E-state index contributed by atoms with van der Waals surface area (Å²) in [5, 5.41) is 0. The van der Waals surface area contributed by atoms with Crippen molar-refractivity contribution in [1.82, 2.24) is 0 Å². The number of benzene rings is 1. The molecule has 0 radical (unpaired) electrons. The van der Waals surface area contributed by atoms with Gasteiger partial charge in [-0.15, -0.1) is 0 Å². The molecule has 0 aliphatic rings. The second kappa shape index (κ2) is 5.95. The lowest BCUT2D eigenvalue weighted by Crippen LogP contribution is -2.24. The maximum absolute atomic E-state index is 10.6. The Morgan fingerprint density at radius 1 is 1.60 bits per heavy atom. The fourth-order valence-electron chi connectivity index (χ4n) is 1.36. The van der Waals surface area contributed by atoms with Gasteiger partial charge < -0.3 is 10.5 Å². The number of halogens is 1. The molecular formula is C11H14INO2. The van der Waals surface area contributed by atoms with E-state index in [-0.39, 0.29) is 6.10 Å². The number of hydrogen-bond donors (Lipinski definition) is 1. The molecule has 0 aromatic heterocycles. The van der Waals surface area contributed by atoms with Crippen LogP contribution in [0.3, 0.4) is 0 Å². The maximum atomic E-state index is 10.6. The van der Waals surface area contributed by atoms with Crippen molar-refractivity contribution in [1.29, 1.82) is 0 Å². The highest BCUT2D eigenvalue weighted by Gasteiger charge is 2.10. The van der Waals surface area contributed by atoms with Crippen molar-refractivity contribution in [3.8, 4) is 0 Å². The predicted molar refractivity (Wildman–Crippen MR) is 67.6 cm³/mol. The number of rotatable bonds is 4. The summed E-state index contributed by atoms with van der Waals surface area (Å²) in [5.74, 6) is 0. The molecule has 1 aromatic rings. The van der Waals surface area contributed by atoms with E-state index in [0.29, 0.717) is 0 Å². The maximum Gasteiger partial charge on any atom is 0.404 e. The molecular weight excluding hydrogens is 305 g/mol. The Balaban J connectivity index is 2.62. The number of carbonyl (C=O) groups excluding carboxylic acids is 1.